The molecule has 1 amide bonds. The zero-order valence-corrected chi connectivity index (χ0v) is 16.2. The average Bonchev–Trinajstić information content (AvgIpc) is 3.02. The van der Waals surface area contributed by atoms with E-state index < -0.39 is 0 Å². The first-order chi connectivity index (χ1) is 13.0. The zero-order chi connectivity index (χ0) is 19.4. The summed E-state index contributed by atoms with van der Waals surface area (Å²) in [5.74, 6) is 0.0896. The van der Waals surface area contributed by atoms with Gasteiger partial charge in [0.05, 0.1) is 30.9 Å². The van der Waals surface area contributed by atoms with Gasteiger partial charge in [-0.1, -0.05) is 29.0 Å². The Hall–Kier alpha value is -2.93. The highest BCUT2D eigenvalue weighted by Crippen LogP contribution is 2.23. The number of benzene rings is 2. The number of fused-ring (bicyclic) bond motifs is 1. The van der Waals surface area contributed by atoms with Crippen molar-refractivity contribution in [3.63, 3.8) is 0 Å². The first-order valence-electron chi connectivity index (χ1n) is 8.41. The molecule has 27 heavy (non-hydrogen) atoms. The molecule has 0 spiro atoms. The van der Waals surface area contributed by atoms with Crippen LogP contribution in [0.1, 0.15) is 22.3 Å². The number of methoxy groups -OCH3 is 2. The number of ether oxygens (including phenoxy) is 2. The molecule has 0 saturated carbocycles. The van der Waals surface area contributed by atoms with E-state index in [-0.39, 0.29) is 18.3 Å². The lowest BCUT2D eigenvalue weighted by atomic mass is 10.1. The molecule has 3 rings (SSSR count). The van der Waals surface area contributed by atoms with Gasteiger partial charge in [-0.05, 0) is 37.3 Å². The van der Waals surface area contributed by atoms with E-state index >= 15 is 0 Å². The van der Waals surface area contributed by atoms with E-state index in [2.05, 4.69) is 4.99 Å². The monoisotopic (exact) mass is 384 g/mol. The van der Waals surface area contributed by atoms with Crippen LogP contribution in [0.4, 0.5) is 0 Å². The molecular formula is C20H20N2O4S. The maximum absolute atomic E-state index is 12.6. The number of carbonyl (C=O) groups is 2. The fraction of sp³-hybridized carbons (Fsp3) is 0.250. The van der Waals surface area contributed by atoms with Crippen LogP contribution in [0, 0.1) is 6.92 Å². The maximum atomic E-state index is 12.6. The minimum atomic E-state index is -0.319. The number of hydrogen-bond donors (Lipinski definition) is 0. The molecule has 0 unspecified atom stereocenters. The summed E-state index contributed by atoms with van der Waals surface area (Å²) in [6.45, 7) is 2.34. The van der Waals surface area contributed by atoms with Gasteiger partial charge in [-0.3, -0.25) is 9.59 Å². The van der Waals surface area contributed by atoms with Crippen molar-refractivity contribution in [2.75, 3.05) is 14.2 Å². The summed E-state index contributed by atoms with van der Waals surface area (Å²) in [5, 5.41) is 0. The summed E-state index contributed by atoms with van der Waals surface area (Å²) >= 11 is 1.38. The van der Waals surface area contributed by atoms with Crippen LogP contribution in [-0.2, 0) is 16.1 Å². The largest absolute Gasteiger partial charge is 0.497 e. The second kappa shape index (κ2) is 8.18. The second-order valence-corrected chi connectivity index (χ2v) is 6.99. The molecule has 0 bridgehead atoms. The van der Waals surface area contributed by atoms with E-state index in [4.69, 9.17) is 9.47 Å². The van der Waals surface area contributed by atoms with Crippen molar-refractivity contribution in [2.24, 2.45) is 4.99 Å². The number of rotatable bonds is 5. The van der Waals surface area contributed by atoms with E-state index in [0.29, 0.717) is 16.9 Å². The quantitative estimate of drug-likeness (QED) is 0.633. The molecule has 0 fully saturated rings. The van der Waals surface area contributed by atoms with Gasteiger partial charge in [0, 0.05) is 12.1 Å². The summed E-state index contributed by atoms with van der Waals surface area (Å²) in [7, 11) is 2.96. The number of carbonyl (C=O) groups excluding carboxylic acids is 2. The summed E-state index contributed by atoms with van der Waals surface area (Å²) in [4.78, 5) is 29.0. The Morgan fingerprint density at radius 3 is 2.52 bits per heavy atom. The van der Waals surface area contributed by atoms with E-state index in [0.717, 1.165) is 21.5 Å². The molecule has 1 aromatic heterocycles. The molecule has 7 heteroatoms. The zero-order valence-electron chi connectivity index (χ0n) is 15.4. The SMILES string of the molecule is COC(=O)CCn1c(=NC(=O)c2ccc(C)cc2)sc2cc(OC)ccc21. The molecule has 2 aromatic carbocycles. The first-order valence-corrected chi connectivity index (χ1v) is 9.23. The number of hydrogen-bond acceptors (Lipinski definition) is 5. The summed E-state index contributed by atoms with van der Waals surface area (Å²) in [6.07, 6.45) is 0.195. The van der Waals surface area contributed by atoms with Crippen molar-refractivity contribution in [2.45, 2.75) is 19.9 Å². The lowest BCUT2D eigenvalue weighted by molar-refractivity contribution is -0.140. The molecule has 0 atom stereocenters. The summed E-state index contributed by atoms with van der Waals surface area (Å²) in [5.41, 5.74) is 2.49. The predicted octanol–water partition coefficient (Wildman–Crippen LogP) is 3.32. The molecule has 0 saturated heterocycles. The van der Waals surface area contributed by atoms with Crippen molar-refractivity contribution < 1.29 is 19.1 Å². The number of thiazole rings is 1. The van der Waals surface area contributed by atoms with Crippen molar-refractivity contribution in [1.82, 2.24) is 4.57 Å². The van der Waals surface area contributed by atoms with Crippen LogP contribution in [0.25, 0.3) is 10.2 Å². The van der Waals surface area contributed by atoms with Gasteiger partial charge in [0.25, 0.3) is 5.91 Å². The molecule has 0 aliphatic heterocycles. The van der Waals surface area contributed by atoms with Gasteiger partial charge in [-0.25, -0.2) is 0 Å². The molecule has 0 aliphatic carbocycles. The highest BCUT2D eigenvalue weighted by Gasteiger charge is 2.12. The van der Waals surface area contributed by atoms with Crippen molar-refractivity contribution in [3.8, 4) is 5.75 Å². The van der Waals surface area contributed by atoms with Gasteiger partial charge in [0.1, 0.15) is 5.75 Å². The topological polar surface area (TPSA) is 69.9 Å². The number of amides is 1. The summed E-state index contributed by atoms with van der Waals surface area (Å²) < 4.78 is 12.8. The Bertz CT molecular complexity index is 1050. The molecule has 3 aromatic rings. The van der Waals surface area contributed by atoms with Crippen LogP contribution in [0.5, 0.6) is 5.75 Å². The van der Waals surface area contributed by atoms with Gasteiger partial charge in [0.2, 0.25) is 0 Å². The maximum Gasteiger partial charge on any atom is 0.307 e. The molecule has 0 aliphatic rings. The minimum absolute atomic E-state index is 0.195. The third-order valence-electron chi connectivity index (χ3n) is 4.15. The first kappa shape index (κ1) is 18.8. The smallest absolute Gasteiger partial charge is 0.307 e. The fourth-order valence-corrected chi connectivity index (χ4v) is 3.72. The summed E-state index contributed by atoms with van der Waals surface area (Å²) in [6, 6.07) is 12.9. The Labute approximate surface area is 160 Å². The predicted molar refractivity (Wildman–Crippen MR) is 104 cm³/mol. The van der Waals surface area contributed by atoms with Crippen molar-refractivity contribution >= 4 is 33.4 Å². The van der Waals surface area contributed by atoms with Crippen LogP contribution >= 0.6 is 11.3 Å². The Morgan fingerprint density at radius 2 is 1.85 bits per heavy atom. The van der Waals surface area contributed by atoms with Crippen molar-refractivity contribution in [3.05, 3.63) is 58.4 Å². The van der Waals surface area contributed by atoms with Crippen LogP contribution in [0.15, 0.2) is 47.5 Å². The third kappa shape index (κ3) is 4.25. The van der Waals surface area contributed by atoms with Crippen LogP contribution in [0.3, 0.4) is 0 Å². The van der Waals surface area contributed by atoms with Crippen LogP contribution in [0.2, 0.25) is 0 Å². The van der Waals surface area contributed by atoms with Gasteiger partial charge < -0.3 is 14.0 Å². The molecule has 0 N–H and O–H groups in total. The van der Waals surface area contributed by atoms with Crippen LogP contribution in [-0.4, -0.2) is 30.7 Å². The fourth-order valence-electron chi connectivity index (χ4n) is 2.63. The minimum Gasteiger partial charge on any atom is -0.497 e. The standard InChI is InChI=1S/C20H20N2O4S/c1-13-4-6-14(7-5-13)19(24)21-20-22(11-10-18(23)26-3)16-9-8-15(25-2)12-17(16)27-20/h4-9,12H,10-11H2,1-3H3. The van der Waals surface area contributed by atoms with E-state index in [1.807, 2.05) is 41.8 Å². The highest BCUT2D eigenvalue weighted by atomic mass is 32.1. The number of nitrogens with zero attached hydrogens (tertiary/aromatic N) is 2. The van der Waals surface area contributed by atoms with Gasteiger partial charge in [-0.2, -0.15) is 4.99 Å². The van der Waals surface area contributed by atoms with E-state index in [1.54, 1.807) is 19.2 Å². The van der Waals surface area contributed by atoms with Gasteiger partial charge >= 0.3 is 5.97 Å². The van der Waals surface area contributed by atoms with E-state index in [9.17, 15) is 9.59 Å². The number of esters is 1. The van der Waals surface area contributed by atoms with Gasteiger partial charge in [0.15, 0.2) is 4.80 Å². The number of aryl methyl sites for hydroxylation is 2. The Morgan fingerprint density at radius 1 is 1.11 bits per heavy atom. The van der Waals surface area contributed by atoms with Gasteiger partial charge in [-0.15, -0.1) is 0 Å². The van der Waals surface area contributed by atoms with E-state index in [1.165, 1.54) is 18.4 Å². The molecule has 140 valence electrons. The Balaban J connectivity index is 2.07. The second-order valence-electron chi connectivity index (χ2n) is 5.98. The van der Waals surface area contributed by atoms with Crippen LogP contribution < -0.4 is 9.54 Å². The Kier molecular flexibility index (Phi) is 5.71. The lowest BCUT2D eigenvalue weighted by Crippen LogP contribution is -2.19. The number of aromatic nitrogens is 1. The lowest BCUT2D eigenvalue weighted by Gasteiger charge is -2.05. The average molecular weight is 384 g/mol. The third-order valence-corrected chi connectivity index (χ3v) is 5.19. The molecule has 0 radical (unpaired) electrons. The highest BCUT2D eigenvalue weighted by molar-refractivity contribution is 7.16. The molecule has 1 heterocycles. The molecule has 6 nitrogen and oxygen atoms in total. The molecular weight excluding hydrogens is 364 g/mol. The van der Waals surface area contributed by atoms with Crippen molar-refractivity contribution in [1.29, 1.82) is 0 Å². The normalized spacial score (nSPS) is 11.6.